The third-order valence-corrected chi connectivity index (χ3v) is 7.32. The Hall–Kier alpha value is -1.59. The zero-order valence-corrected chi connectivity index (χ0v) is 18.7. The van der Waals surface area contributed by atoms with Crippen molar-refractivity contribution in [2.45, 2.75) is 57.4 Å². The normalized spacial score (nSPS) is 24.1. The number of hydrogen-bond donors (Lipinski definition) is 0. The summed E-state index contributed by atoms with van der Waals surface area (Å²) in [7, 11) is 0. The number of hydrogen-bond acceptors (Lipinski definition) is 3. The zero-order chi connectivity index (χ0) is 20.9. The van der Waals surface area contributed by atoms with Gasteiger partial charge in [0, 0.05) is 43.2 Å². The van der Waals surface area contributed by atoms with E-state index in [1.165, 1.54) is 18.4 Å². The Kier molecular flexibility index (Phi) is 7.32. The van der Waals surface area contributed by atoms with Crippen molar-refractivity contribution in [3.8, 4) is 0 Å². The lowest BCUT2D eigenvalue weighted by molar-refractivity contribution is -0.141. The molecule has 5 nitrogen and oxygen atoms in total. The van der Waals surface area contributed by atoms with Crippen molar-refractivity contribution < 1.29 is 9.59 Å². The van der Waals surface area contributed by atoms with Crippen LogP contribution in [0.2, 0.25) is 5.02 Å². The van der Waals surface area contributed by atoms with Gasteiger partial charge in [-0.25, -0.2) is 0 Å². The van der Waals surface area contributed by atoms with Gasteiger partial charge in [0.25, 0.3) is 0 Å². The second-order valence-electron chi connectivity index (χ2n) is 9.07. The molecule has 3 saturated heterocycles. The molecule has 3 heterocycles. The van der Waals surface area contributed by atoms with E-state index in [-0.39, 0.29) is 11.8 Å². The molecule has 0 N–H and O–H groups in total. The molecule has 3 aliphatic heterocycles. The van der Waals surface area contributed by atoms with Crippen LogP contribution in [-0.4, -0.2) is 65.8 Å². The molecule has 30 heavy (non-hydrogen) atoms. The zero-order valence-electron chi connectivity index (χ0n) is 17.9. The third kappa shape index (κ3) is 5.17. The van der Waals surface area contributed by atoms with E-state index in [1.807, 2.05) is 17.0 Å². The lowest BCUT2D eigenvalue weighted by Crippen LogP contribution is -2.47. The molecular formula is C24H34ClN3O2. The Balaban J connectivity index is 1.28. The highest BCUT2D eigenvalue weighted by molar-refractivity contribution is 6.30. The summed E-state index contributed by atoms with van der Waals surface area (Å²) in [6.45, 7) is 4.68. The Morgan fingerprint density at radius 3 is 2.13 bits per heavy atom. The molecule has 6 heteroatoms. The van der Waals surface area contributed by atoms with Crippen LogP contribution < -0.4 is 0 Å². The van der Waals surface area contributed by atoms with Crippen LogP contribution in [0.3, 0.4) is 0 Å². The van der Waals surface area contributed by atoms with Crippen LogP contribution >= 0.6 is 11.6 Å². The van der Waals surface area contributed by atoms with Crippen LogP contribution in [-0.2, 0) is 9.59 Å². The maximum Gasteiger partial charge on any atom is 0.236 e. The summed E-state index contributed by atoms with van der Waals surface area (Å²) in [4.78, 5) is 32.2. The minimum absolute atomic E-state index is 0.0979. The van der Waals surface area contributed by atoms with Crippen LogP contribution in [0.5, 0.6) is 0 Å². The highest BCUT2D eigenvalue weighted by Gasteiger charge is 2.33. The average molecular weight is 432 g/mol. The first-order chi connectivity index (χ1) is 14.6. The minimum Gasteiger partial charge on any atom is -0.342 e. The van der Waals surface area contributed by atoms with E-state index < -0.39 is 0 Å². The molecule has 1 atom stereocenters. The third-order valence-electron chi connectivity index (χ3n) is 7.07. The van der Waals surface area contributed by atoms with Crippen LogP contribution in [0.25, 0.3) is 0 Å². The number of likely N-dealkylation sites (tertiary alicyclic amines) is 3. The predicted octanol–water partition coefficient (Wildman–Crippen LogP) is 4.12. The van der Waals surface area contributed by atoms with E-state index in [0.717, 1.165) is 63.2 Å². The number of carbonyl (C=O) groups is 2. The first-order valence-electron chi connectivity index (χ1n) is 11.7. The van der Waals surface area contributed by atoms with Gasteiger partial charge in [-0.1, -0.05) is 36.6 Å². The molecule has 3 aliphatic rings. The first kappa shape index (κ1) is 21.6. The van der Waals surface area contributed by atoms with Gasteiger partial charge in [-0.3, -0.25) is 14.5 Å². The molecule has 0 bridgehead atoms. The smallest absolute Gasteiger partial charge is 0.236 e. The highest BCUT2D eigenvalue weighted by Crippen LogP contribution is 2.32. The number of halogens is 1. The van der Waals surface area contributed by atoms with Gasteiger partial charge in [0.15, 0.2) is 0 Å². The number of benzene rings is 1. The molecule has 1 unspecified atom stereocenters. The fraction of sp³-hybridized carbons (Fsp3) is 0.667. The van der Waals surface area contributed by atoms with Crippen molar-refractivity contribution >= 4 is 23.4 Å². The summed E-state index contributed by atoms with van der Waals surface area (Å²) in [6.07, 6.45) is 8.56. The second kappa shape index (κ2) is 10.1. The number of carbonyl (C=O) groups excluding carboxylic acids is 2. The molecule has 1 aromatic rings. The lowest BCUT2D eigenvalue weighted by Gasteiger charge is -2.35. The van der Waals surface area contributed by atoms with Crippen molar-refractivity contribution in [3.05, 3.63) is 34.9 Å². The maximum absolute atomic E-state index is 13.0. The SMILES string of the molecule is O=C(CN1CCCC1c1ccc(Cl)cc1)N1CCC(C(=O)N2CCCCCC2)CC1. The molecule has 0 aliphatic carbocycles. The number of rotatable bonds is 4. The van der Waals surface area contributed by atoms with Gasteiger partial charge >= 0.3 is 0 Å². The van der Waals surface area contributed by atoms with Gasteiger partial charge in [-0.2, -0.15) is 0 Å². The van der Waals surface area contributed by atoms with Gasteiger partial charge < -0.3 is 9.80 Å². The molecule has 0 radical (unpaired) electrons. The van der Waals surface area contributed by atoms with Crippen molar-refractivity contribution in [1.82, 2.24) is 14.7 Å². The number of nitrogens with zero attached hydrogens (tertiary/aromatic N) is 3. The van der Waals surface area contributed by atoms with E-state index >= 15 is 0 Å². The Bertz CT molecular complexity index is 722. The average Bonchev–Trinajstić information content (AvgIpc) is 3.05. The van der Waals surface area contributed by atoms with Gasteiger partial charge in [-0.05, 0) is 62.8 Å². The number of piperidine rings is 1. The quantitative estimate of drug-likeness (QED) is 0.720. The largest absolute Gasteiger partial charge is 0.342 e. The molecule has 2 amide bonds. The Labute approximate surface area is 185 Å². The van der Waals surface area contributed by atoms with Gasteiger partial charge in [0.2, 0.25) is 11.8 Å². The van der Waals surface area contributed by atoms with Gasteiger partial charge in [-0.15, -0.1) is 0 Å². The molecule has 4 rings (SSSR count). The molecule has 0 saturated carbocycles. The molecule has 1 aromatic carbocycles. The monoisotopic (exact) mass is 431 g/mol. The molecule has 164 valence electrons. The van der Waals surface area contributed by atoms with E-state index in [2.05, 4.69) is 21.9 Å². The van der Waals surface area contributed by atoms with Gasteiger partial charge in [0.05, 0.1) is 6.54 Å². The summed E-state index contributed by atoms with van der Waals surface area (Å²) in [6, 6.07) is 8.32. The lowest BCUT2D eigenvalue weighted by atomic mass is 9.95. The molecule has 0 spiro atoms. The van der Waals surface area contributed by atoms with E-state index in [1.54, 1.807) is 0 Å². The minimum atomic E-state index is 0.0979. The van der Waals surface area contributed by atoms with E-state index in [9.17, 15) is 9.59 Å². The van der Waals surface area contributed by atoms with Crippen LogP contribution in [0, 0.1) is 5.92 Å². The fourth-order valence-corrected chi connectivity index (χ4v) is 5.40. The molecule has 3 fully saturated rings. The maximum atomic E-state index is 13.0. The van der Waals surface area contributed by atoms with Crippen LogP contribution in [0.15, 0.2) is 24.3 Å². The van der Waals surface area contributed by atoms with Crippen molar-refractivity contribution in [2.75, 3.05) is 39.3 Å². The summed E-state index contributed by atoms with van der Waals surface area (Å²) < 4.78 is 0. The summed E-state index contributed by atoms with van der Waals surface area (Å²) >= 11 is 6.03. The summed E-state index contributed by atoms with van der Waals surface area (Å²) in [5.41, 5.74) is 1.24. The Morgan fingerprint density at radius 2 is 1.47 bits per heavy atom. The van der Waals surface area contributed by atoms with Crippen LogP contribution in [0.4, 0.5) is 0 Å². The van der Waals surface area contributed by atoms with Crippen molar-refractivity contribution in [2.24, 2.45) is 5.92 Å². The highest BCUT2D eigenvalue weighted by atomic mass is 35.5. The number of amides is 2. The predicted molar refractivity (Wildman–Crippen MR) is 119 cm³/mol. The van der Waals surface area contributed by atoms with Gasteiger partial charge in [0.1, 0.15) is 0 Å². The van der Waals surface area contributed by atoms with E-state index in [4.69, 9.17) is 11.6 Å². The van der Waals surface area contributed by atoms with Crippen LogP contribution in [0.1, 0.15) is 63.0 Å². The topological polar surface area (TPSA) is 43.9 Å². The summed E-state index contributed by atoms with van der Waals surface area (Å²) in [5, 5.41) is 0.747. The van der Waals surface area contributed by atoms with E-state index in [0.29, 0.717) is 31.6 Å². The fourth-order valence-electron chi connectivity index (χ4n) is 5.28. The standard InChI is InChI=1S/C24H34ClN3O2/c25-21-9-7-19(8-10-21)22-6-5-15-28(22)18-23(29)26-16-11-20(12-17-26)24(30)27-13-3-1-2-4-14-27/h7-10,20,22H,1-6,11-18H2. The van der Waals surface area contributed by atoms with Crippen molar-refractivity contribution in [3.63, 3.8) is 0 Å². The Morgan fingerprint density at radius 1 is 0.800 bits per heavy atom. The molecule has 0 aromatic heterocycles. The first-order valence-corrected chi connectivity index (χ1v) is 12.1. The second-order valence-corrected chi connectivity index (χ2v) is 9.51. The summed E-state index contributed by atoms with van der Waals surface area (Å²) in [5.74, 6) is 0.628. The molecular weight excluding hydrogens is 398 g/mol. The van der Waals surface area contributed by atoms with Crippen molar-refractivity contribution in [1.29, 1.82) is 0 Å².